The number of aromatic amines is 1. The van der Waals surface area contributed by atoms with Crippen LogP contribution in [0.4, 0.5) is 0 Å². The zero-order chi connectivity index (χ0) is 12.4. The molecule has 0 aliphatic rings. The van der Waals surface area contributed by atoms with Crippen LogP contribution in [-0.4, -0.2) is 36.3 Å². The number of rotatable bonds is 3. The molecule has 8 heteroatoms. The molecule has 0 aliphatic carbocycles. The van der Waals surface area contributed by atoms with E-state index < -0.39 is 0 Å². The molecule has 1 unspecified atom stereocenters. The number of nitrogens with zero attached hydrogens (tertiary/aromatic N) is 5. The molecule has 2 rings (SSSR count). The van der Waals surface area contributed by atoms with E-state index in [4.69, 9.17) is 0 Å². The smallest absolute Gasteiger partial charge is 0.255 e. The van der Waals surface area contributed by atoms with Gasteiger partial charge in [-0.25, -0.2) is 0 Å². The van der Waals surface area contributed by atoms with Crippen LogP contribution < -0.4 is 5.32 Å². The number of hydrogen-bond acceptors (Lipinski definition) is 5. The van der Waals surface area contributed by atoms with Crippen LogP contribution in [-0.2, 0) is 7.05 Å². The van der Waals surface area contributed by atoms with Gasteiger partial charge in [-0.05, 0) is 13.8 Å². The molecule has 0 saturated heterocycles. The van der Waals surface area contributed by atoms with Crippen molar-refractivity contribution in [2.45, 2.75) is 19.9 Å². The van der Waals surface area contributed by atoms with Gasteiger partial charge in [0.25, 0.3) is 5.91 Å². The van der Waals surface area contributed by atoms with Gasteiger partial charge >= 0.3 is 0 Å². The lowest BCUT2D eigenvalue weighted by molar-refractivity contribution is 0.0937. The van der Waals surface area contributed by atoms with Gasteiger partial charge in [-0.1, -0.05) is 5.21 Å². The molecule has 17 heavy (non-hydrogen) atoms. The number of nitrogens with one attached hydrogen (secondary N) is 2. The summed E-state index contributed by atoms with van der Waals surface area (Å²) in [7, 11) is 1.79. The minimum absolute atomic E-state index is 0.201. The highest BCUT2D eigenvalue weighted by Gasteiger charge is 2.17. The third-order valence-electron chi connectivity index (χ3n) is 2.58. The van der Waals surface area contributed by atoms with E-state index in [1.54, 1.807) is 18.7 Å². The van der Waals surface area contributed by atoms with Crippen molar-refractivity contribution in [1.29, 1.82) is 0 Å². The van der Waals surface area contributed by atoms with E-state index in [0.29, 0.717) is 11.4 Å². The summed E-state index contributed by atoms with van der Waals surface area (Å²) >= 11 is 0. The molecule has 2 N–H and O–H groups in total. The van der Waals surface area contributed by atoms with Crippen molar-refractivity contribution in [1.82, 2.24) is 35.7 Å². The van der Waals surface area contributed by atoms with Crippen molar-refractivity contribution in [3.63, 3.8) is 0 Å². The van der Waals surface area contributed by atoms with E-state index in [1.807, 2.05) is 6.92 Å². The maximum atomic E-state index is 11.9. The van der Waals surface area contributed by atoms with E-state index in [0.717, 1.165) is 5.69 Å². The predicted octanol–water partition coefficient (Wildman–Crippen LogP) is -0.267. The molecule has 8 nitrogen and oxygen atoms in total. The number of H-pyrrole nitrogens is 1. The number of carbonyl (C=O) groups is 1. The minimum atomic E-state index is -0.305. The summed E-state index contributed by atoms with van der Waals surface area (Å²) in [6.45, 7) is 3.62. The number of aryl methyl sites for hydroxylation is 1. The van der Waals surface area contributed by atoms with Crippen LogP contribution in [0.2, 0.25) is 0 Å². The summed E-state index contributed by atoms with van der Waals surface area (Å²) in [6.07, 6.45) is 1.54. The second-order valence-electron chi connectivity index (χ2n) is 3.73. The van der Waals surface area contributed by atoms with Crippen molar-refractivity contribution in [2.24, 2.45) is 7.05 Å². The summed E-state index contributed by atoms with van der Waals surface area (Å²) in [5.41, 5.74) is 1.35. The molecule has 2 aromatic heterocycles. The van der Waals surface area contributed by atoms with E-state index in [1.165, 1.54) is 6.20 Å². The summed E-state index contributed by atoms with van der Waals surface area (Å²) in [6, 6.07) is -0.305. The molecule has 90 valence electrons. The van der Waals surface area contributed by atoms with Crippen molar-refractivity contribution >= 4 is 5.91 Å². The first-order valence-electron chi connectivity index (χ1n) is 5.12. The largest absolute Gasteiger partial charge is 0.342 e. The van der Waals surface area contributed by atoms with Crippen LogP contribution in [0.3, 0.4) is 0 Å². The SMILES string of the molecule is Cc1c(C(=O)NC(C)c2nn[nH]n2)cnn1C. The Morgan fingerprint density at radius 1 is 1.59 bits per heavy atom. The summed E-state index contributed by atoms with van der Waals surface area (Å²) < 4.78 is 1.65. The lowest BCUT2D eigenvalue weighted by atomic mass is 10.2. The fourth-order valence-electron chi connectivity index (χ4n) is 1.41. The lowest BCUT2D eigenvalue weighted by Gasteiger charge is -2.09. The van der Waals surface area contributed by atoms with Crippen LogP contribution in [0.1, 0.15) is 34.8 Å². The van der Waals surface area contributed by atoms with Crippen LogP contribution in [0.15, 0.2) is 6.20 Å². The van der Waals surface area contributed by atoms with Gasteiger partial charge in [0.05, 0.1) is 17.8 Å². The molecular formula is C9H13N7O. The Bertz CT molecular complexity index is 515. The van der Waals surface area contributed by atoms with Crippen LogP contribution in [0.25, 0.3) is 0 Å². The Morgan fingerprint density at radius 3 is 2.88 bits per heavy atom. The van der Waals surface area contributed by atoms with Crippen molar-refractivity contribution < 1.29 is 4.79 Å². The fourth-order valence-corrected chi connectivity index (χ4v) is 1.41. The topological polar surface area (TPSA) is 101 Å². The summed E-state index contributed by atoms with van der Waals surface area (Å²) in [5.74, 6) is 0.243. The second-order valence-corrected chi connectivity index (χ2v) is 3.73. The Balaban J connectivity index is 2.10. The van der Waals surface area contributed by atoms with Gasteiger partial charge in [0.1, 0.15) is 0 Å². The highest BCUT2D eigenvalue weighted by molar-refractivity contribution is 5.95. The standard InChI is InChI=1S/C9H13N7O/c1-5(8-12-14-15-13-8)11-9(17)7-4-10-16(3)6(7)2/h4-5H,1-3H3,(H,11,17)(H,12,13,14,15). The van der Waals surface area contributed by atoms with Gasteiger partial charge in [-0.2, -0.15) is 10.3 Å². The van der Waals surface area contributed by atoms with E-state index in [2.05, 4.69) is 31.0 Å². The average molecular weight is 235 g/mol. The number of amides is 1. The van der Waals surface area contributed by atoms with E-state index >= 15 is 0 Å². The lowest BCUT2D eigenvalue weighted by Crippen LogP contribution is -2.27. The molecule has 0 spiro atoms. The Morgan fingerprint density at radius 2 is 2.35 bits per heavy atom. The Hall–Kier alpha value is -2.25. The number of tetrazole rings is 1. The first-order chi connectivity index (χ1) is 8.09. The number of aromatic nitrogens is 6. The summed E-state index contributed by atoms with van der Waals surface area (Å²) in [4.78, 5) is 11.9. The van der Waals surface area contributed by atoms with Gasteiger partial charge in [0.15, 0.2) is 5.82 Å². The molecular weight excluding hydrogens is 222 g/mol. The molecule has 0 fully saturated rings. The minimum Gasteiger partial charge on any atom is -0.342 e. The zero-order valence-electron chi connectivity index (χ0n) is 9.80. The van der Waals surface area contributed by atoms with E-state index in [-0.39, 0.29) is 11.9 Å². The van der Waals surface area contributed by atoms with Gasteiger partial charge in [-0.15, -0.1) is 10.2 Å². The molecule has 0 aromatic carbocycles. The van der Waals surface area contributed by atoms with Crippen LogP contribution >= 0.6 is 0 Å². The van der Waals surface area contributed by atoms with Crippen molar-refractivity contribution in [2.75, 3.05) is 0 Å². The molecule has 0 bridgehead atoms. The molecule has 2 aromatic rings. The molecule has 2 heterocycles. The Kier molecular flexibility index (Phi) is 2.86. The third kappa shape index (κ3) is 2.14. The monoisotopic (exact) mass is 235 g/mol. The normalized spacial score (nSPS) is 12.4. The van der Waals surface area contributed by atoms with Gasteiger partial charge in [0.2, 0.25) is 0 Å². The Labute approximate surface area is 97.4 Å². The molecule has 1 amide bonds. The molecule has 0 radical (unpaired) electrons. The summed E-state index contributed by atoms with van der Waals surface area (Å²) in [5, 5.41) is 20.2. The second kappa shape index (κ2) is 4.32. The number of hydrogen-bond donors (Lipinski definition) is 2. The molecule has 0 saturated carbocycles. The average Bonchev–Trinajstić information content (AvgIpc) is 2.90. The number of carbonyl (C=O) groups excluding carboxylic acids is 1. The van der Waals surface area contributed by atoms with Crippen LogP contribution in [0.5, 0.6) is 0 Å². The first kappa shape index (κ1) is 11.2. The van der Waals surface area contributed by atoms with Gasteiger partial charge in [0, 0.05) is 12.7 Å². The zero-order valence-corrected chi connectivity index (χ0v) is 9.80. The highest BCUT2D eigenvalue weighted by atomic mass is 16.1. The van der Waals surface area contributed by atoms with Crippen LogP contribution in [0, 0.1) is 6.92 Å². The fraction of sp³-hybridized carbons (Fsp3) is 0.444. The van der Waals surface area contributed by atoms with Gasteiger partial charge in [-0.3, -0.25) is 9.48 Å². The third-order valence-corrected chi connectivity index (χ3v) is 2.58. The van der Waals surface area contributed by atoms with E-state index in [9.17, 15) is 4.79 Å². The van der Waals surface area contributed by atoms with Gasteiger partial charge < -0.3 is 5.32 Å². The van der Waals surface area contributed by atoms with Crippen molar-refractivity contribution in [3.05, 3.63) is 23.3 Å². The maximum absolute atomic E-state index is 11.9. The van der Waals surface area contributed by atoms with Crippen molar-refractivity contribution in [3.8, 4) is 0 Å². The molecule has 1 atom stereocenters. The molecule has 0 aliphatic heterocycles. The maximum Gasteiger partial charge on any atom is 0.255 e. The first-order valence-corrected chi connectivity index (χ1v) is 5.12. The highest BCUT2D eigenvalue weighted by Crippen LogP contribution is 2.09. The quantitative estimate of drug-likeness (QED) is 0.762. The predicted molar refractivity (Wildman–Crippen MR) is 58.0 cm³/mol.